The monoisotopic (exact) mass is 271 g/mol. The van der Waals surface area contributed by atoms with E-state index in [0.29, 0.717) is 23.9 Å². The van der Waals surface area contributed by atoms with E-state index in [2.05, 4.69) is 4.98 Å². The highest BCUT2D eigenvalue weighted by Gasteiger charge is 2.17. The third-order valence-corrected chi connectivity index (χ3v) is 3.76. The summed E-state index contributed by atoms with van der Waals surface area (Å²) in [6.07, 6.45) is 4.06. The molecule has 1 amide bonds. The van der Waals surface area contributed by atoms with Crippen LogP contribution in [0, 0.1) is 0 Å². The molecule has 1 aliphatic rings. The molecule has 0 unspecified atom stereocenters. The van der Waals surface area contributed by atoms with Crippen LogP contribution in [-0.4, -0.2) is 33.4 Å². The Kier molecular flexibility index (Phi) is 3.50. The van der Waals surface area contributed by atoms with Crippen molar-refractivity contribution < 1.29 is 4.79 Å². The van der Waals surface area contributed by atoms with Crippen LogP contribution >= 0.6 is 0 Å². The highest BCUT2D eigenvalue weighted by molar-refractivity contribution is 5.77. The Morgan fingerprint density at radius 1 is 1.20 bits per heavy atom. The summed E-state index contributed by atoms with van der Waals surface area (Å²) in [6.45, 7) is 2.10. The van der Waals surface area contributed by atoms with E-state index in [9.17, 15) is 9.59 Å². The molecule has 1 saturated heterocycles. The lowest BCUT2D eigenvalue weighted by molar-refractivity contribution is -0.130. The van der Waals surface area contributed by atoms with Gasteiger partial charge in [0.25, 0.3) is 5.56 Å². The van der Waals surface area contributed by atoms with Crippen LogP contribution in [0.5, 0.6) is 0 Å². The van der Waals surface area contributed by atoms with E-state index in [4.69, 9.17) is 0 Å². The van der Waals surface area contributed by atoms with Gasteiger partial charge in [0, 0.05) is 26.1 Å². The van der Waals surface area contributed by atoms with E-state index < -0.39 is 0 Å². The van der Waals surface area contributed by atoms with Crippen molar-refractivity contribution in [3.05, 3.63) is 40.9 Å². The van der Waals surface area contributed by atoms with Gasteiger partial charge in [0.15, 0.2) is 0 Å². The topological polar surface area (TPSA) is 55.2 Å². The minimum atomic E-state index is -0.0789. The molecule has 5 heteroatoms. The van der Waals surface area contributed by atoms with Gasteiger partial charge in [0.2, 0.25) is 5.91 Å². The molecule has 0 N–H and O–H groups in total. The average Bonchev–Trinajstić information content (AvgIpc) is 3.01. The number of hydrogen-bond acceptors (Lipinski definition) is 3. The van der Waals surface area contributed by atoms with Gasteiger partial charge in [-0.2, -0.15) is 0 Å². The maximum absolute atomic E-state index is 12.3. The minimum absolute atomic E-state index is 0.0789. The molecule has 5 nitrogen and oxygen atoms in total. The molecule has 0 saturated carbocycles. The fourth-order valence-corrected chi connectivity index (χ4v) is 2.61. The quantitative estimate of drug-likeness (QED) is 0.848. The Balaban J connectivity index is 1.76. The van der Waals surface area contributed by atoms with Gasteiger partial charge in [-0.3, -0.25) is 14.2 Å². The van der Waals surface area contributed by atoms with Gasteiger partial charge in [-0.05, 0) is 25.0 Å². The number of benzene rings is 1. The molecule has 0 radical (unpaired) electrons. The predicted molar refractivity (Wildman–Crippen MR) is 76.4 cm³/mol. The maximum Gasteiger partial charge on any atom is 0.261 e. The molecule has 20 heavy (non-hydrogen) atoms. The lowest BCUT2D eigenvalue weighted by atomic mass is 10.2. The number of aryl methyl sites for hydroxylation is 1. The van der Waals surface area contributed by atoms with E-state index in [1.807, 2.05) is 23.1 Å². The second-order valence-electron chi connectivity index (χ2n) is 5.10. The van der Waals surface area contributed by atoms with Crippen molar-refractivity contribution in [2.24, 2.45) is 0 Å². The van der Waals surface area contributed by atoms with Crippen LogP contribution in [-0.2, 0) is 11.3 Å². The molecule has 0 spiro atoms. The molecular formula is C15H17N3O2. The first kappa shape index (κ1) is 12.8. The third-order valence-electron chi connectivity index (χ3n) is 3.76. The normalized spacial score (nSPS) is 14.9. The zero-order valence-corrected chi connectivity index (χ0v) is 11.3. The predicted octanol–water partition coefficient (Wildman–Crippen LogP) is 1.41. The van der Waals surface area contributed by atoms with E-state index in [1.54, 1.807) is 6.07 Å². The molecule has 3 rings (SSSR count). The van der Waals surface area contributed by atoms with Gasteiger partial charge in [-0.1, -0.05) is 12.1 Å². The number of likely N-dealkylation sites (tertiary alicyclic amines) is 1. The second kappa shape index (κ2) is 5.45. The number of aromatic nitrogens is 2. The lowest BCUT2D eigenvalue weighted by Gasteiger charge is -2.15. The minimum Gasteiger partial charge on any atom is -0.343 e. The third kappa shape index (κ3) is 2.43. The summed E-state index contributed by atoms with van der Waals surface area (Å²) in [5.74, 6) is 0.127. The summed E-state index contributed by atoms with van der Waals surface area (Å²) < 4.78 is 1.52. The zero-order chi connectivity index (χ0) is 13.9. The average molecular weight is 271 g/mol. The molecule has 104 valence electrons. The van der Waals surface area contributed by atoms with E-state index in [0.717, 1.165) is 25.9 Å². The van der Waals surface area contributed by atoms with Crippen LogP contribution in [0.3, 0.4) is 0 Å². The number of amides is 1. The highest BCUT2D eigenvalue weighted by atomic mass is 16.2. The fraction of sp³-hybridized carbons (Fsp3) is 0.400. The van der Waals surface area contributed by atoms with Crippen molar-refractivity contribution in [1.82, 2.24) is 14.5 Å². The van der Waals surface area contributed by atoms with Gasteiger partial charge in [-0.25, -0.2) is 4.98 Å². The fourth-order valence-electron chi connectivity index (χ4n) is 2.61. The first-order valence-corrected chi connectivity index (χ1v) is 6.98. The summed E-state index contributed by atoms with van der Waals surface area (Å²) >= 11 is 0. The van der Waals surface area contributed by atoms with Crippen molar-refractivity contribution >= 4 is 16.8 Å². The second-order valence-corrected chi connectivity index (χ2v) is 5.10. The molecule has 1 fully saturated rings. The molecular weight excluding hydrogens is 254 g/mol. The van der Waals surface area contributed by atoms with Crippen molar-refractivity contribution in [2.45, 2.75) is 25.8 Å². The first-order chi connectivity index (χ1) is 9.75. The summed E-state index contributed by atoms with van der Waals surface area (Å²) in [6, 6.07) is 7.26. The van der Waals surface area contributed by atoms with Crippen LogP contribution in [0.25, 0.3) is 10.9 Å². The van der Waals surface area contributed by atoms with Crippen molar-refractivity contribution in [1.29, 1.82) is 0 Å². The highest BCUT2D eigenvalue weighted by Crippen LogP contribution is 2.09. The van der Waals surface area contributed by atoms with Crippen molar-refractivity contribution in [3.63, 3.8) is 0 Å². The molecule has 1 aliphatic heterocycles. The van der Waals surface area contributed by atoms with E-state index in [1.165, 1.54) is 10.9 Å². The molecule has 0 bridgehead atoms. The Morgan fingerprint density at radius 2 is 1.95 bits per heavy atom. The van der Waals surface area contributed by atoms with Gasteiger partial charge in [0.05, 0.1) is 17.2 Å². The summed E-state index contributed by atoms with van der Waals surface area (Å²) in [7, 11) is 0. The van der Waals surface area contributed by atoms with Gasteiger partial charge >= 0.3 is 0 Å². The lowest BCUT2D eigenvalue weighted by Crippen LogP contribution is -2.30. The maximum atomic E-state index is 12.3. The van der Waals surface area contributed by atoms with Gasteiger partial charge in [-0.15, -0.1) is 0 Å². The molecule has 1 aromatic carbocycles. The number of carbonyl (C=O) groups excluding carboxylic acids is 1. The zero-order valence-electron chi connectivity index (χ0n) is 11.3. The van der Waals surface area contributed by atoms with Gasteiger partial charge in [0.1, 0.15) is 0 Å². The number of rotatable bonds is 3. The summed E-state index contributed by atoms with van der Waals surface area (Å²) in [4.78, 5) is 30.4. The van der Waals surface area contributed by atoms with E-state index >= 15 is 0 Å². The van der Waals surface area contributed by atoms with Crippen LogP contribution < -0.4 is 5.56 Å². The standard InChI is InChI=1S/C15H17N3O2/c19-14(17-8-3-4-9-17)7-10-18-11-16-13-6-2-1-5-12(13)15(18)20/h1-2,5-6,11H,3-4,7-10H2. The van der Waals surface area contributed by atoms with E-state index in [-0.39, 0.29) is 11.5 Å². The smallest absolute Gasteiger partial charge is 0.261 e. The van der Waals surface area contributed by atoms with Crippen molar-refractivity contribution in [2.75, 3.05) is 13.1 Å². The first-order valence-electron chi connectivity index (χ1n) is 6.98. The molecule has 2 heterocycles. The van der Waals surface area contributed by atoms with Crippen LogP contribution in [0.2, 0.25) is 0 Å². The number of para-hydroxylation sites is 1. The Labute approximate surface area is 116 Å². The summed E-state index contributed by atoms with van der Waals surface area (Å²) in [5.41, 5.74) is 0.615. The Morgan fingerprint density at radius 3 is 2.75 bits per heavy atom. The number of hydrogen-bond donors (Lipinski definition) is 0. The SMILES string of the molecule is O=C(CCn1cnc2ccccc2c1=O)N1CCCC1. The van der Waals surface area contributed by atoms with Crippen LogP contribution in [0.4, 0.5) is 0 Å². The molecule has 0 aliphatic carbocycles. The molecule has 1 aromatic heterocycles. The summed E-state index contributed by atoms with van der Waals surface area (Å²) in [5, 5.41) is 0.601. The van der Waals surface area contributed by atoms with Crippen LogP contribution in [0.15, 0.2) is 35.4 Å². The van der Waals surface area contributed by atoms with Crippen LogP contribution in [0.1, 0.15) is 19.3 Å². The number of fused-ring (bicyclic) bond motifs is 1. The number of carbonyl (C=O) groups is 1. The molecule has 2 aromatic rings. The molecule has 0 atom stereocenters. The number of nitrogens with zero attached hydrogens (tertiary/aromatic N) is 3. The Hall–Kier alpha value is -2.17. The van der Waals surface area contributed by atoms with Crippen molar-refractivity contribution in [3.8, 4) is 0 Å². The van der Waals surface area contributed by atoms with Gasteiger partial charge < -0.3 is 4.90 Å². The Bertz CT molecular complexity index is 687. The largest absolute Gasteiger partial charge is 0.343 e.